The number of anilines is 1. The van der Waals surface area contributed by atoms with E-state index in [0.717, 1.165) is 23.7 Å². The Bertz CT molecular complexity index is 600. The summed E-state index contributed by atoms with van der Waals surface area (Å²) in [4.78, 5) is 13.6. The van der Waals surface area contributed by atoms with Gasteiger partial charge >= 0.3 is 0 Å². The first-order valence-electron chi connectivity index (χ1n) is 6.85. The molecule has 3 rings (SSSR count). The summed E-state index contributed by atoms with van der Waals surface area (Å²) >= 11 is 7.82. The molecular formula is C14H18ClN3S. The van der Waals surface area contributed by atoms with Gasteiger partial charge in [-0.15, -0.1) is 11.3 Å². The average molecular weight is 296 g/mol. The van der Waals surface area contributed by atoms with Crippen molar-refractivity contribution >= 4 is 39.0 Å². The van der Waals surface area contributed by atoms with Crippen LogP contribution in [0.25, 0.3) is 10.2 Å². The van der Waals surface area contributed by atoms with Gasteiger partial charge in [-0.25, -0.2) is 4.98 Å². The highest BCUT2D eigenvalue weighted by atomic mass is 35.5. The Hall–Kier alpha value is -0.870. The van der Waals surface area contributed by atoms with Crippen molar-refractivity contribution in [2.24, 2.45) is 0 Å². The number of halogens is 1. The van der Waals surface area contributed by atoms with E-state index in [1.165, 1.54) is 41.5 Å². The Labute approximate surface area is 122 Å². The molecule has 2 aromatic heterocycles. The zero-order valence-electron chi connectivity index (χ0n) is 11.4. The number of rotatable bonds is 1. The van der Waals surface area contributed by atoms with Crippen molar-refractivity contribution in [1.82, 2.24) is 9.97 Å². The minimum Gasteiger partial charge on any atom is -0.356 e. The van der Waals surface area contributed by atoms with Gasteiger partial charge in [0.1, 0.15) is 10.6 Å². The predicted molar refractivity (Wildman–Crippen MR) is 82.6 cm³/mol. The largest absolute Gasteiger partial charge is 0.356 e. The second kappa shape index (κ2) is 5.25. The molecular weight excluding hydrogens is 278 g/mol. The van der Waals surface area contributed by atoms with Crippen molar-refractivity contribution < 1.29 is 0 Å². The van der Waals surface area contributed by atoms with E-state index >= 15 is 0 Å². The molecule has 3 nitrogen and oxygen atoms in total. The normalized spacial score (nSPS) is 16.9. The molecule has 0 unspecified atom stereocenters. The summed E-state index contributed by atoms with van der Waals surface area (Å²) < 4.78 is 0. The predicted octanol–water partition coefficient (Wildman–Crippen LogP) is 4.34. The number of aryl methyl sites for hydroxylation is 2. The minimum absolute atomic E-state index is 0.369. The zero-order valence-corrected chi connectivity index (χ0v) is 12.9. The molecule has 0 aliphatic carbocycles. The van der Waals surface area contributed by atoms with Gasteiger partial charge in [0, 0.05) is 18.0 Å². The maximum absolute atomic E-state index is 6.10. The molecule has 5 heteroatoms. The third-order valence-electron chi connectivity index (χ3n) is 3.89. The number of nitrogens with zero attached hydrogens (tertiary/aromatic N) is 3. The highest BCUT2D eigenvalue weighted by Gasteiger charge is 2.19. The molecule has 1 aliphatic heterocycles. The van der Waals surface area contributed by atoms with Crippen LogP contribution in [0, 0.1) is 13.8 Å². The highest BCUT2D eigenvalue weighted by molar-refractivity contribution is 7.18. The molecule has 0 atom stereocenters. The first-order chi connectivity index (χ1) is 9.16. The lowest BCUT2D eigenvalue weighted by atomic mass is 10.2. The second-order valence-corrected chi connectivity index (χ2v) is 6.72. The average Bonchev–Trinajstić information content (AvgIpc) is 2.61. The van der Waals surface area contributed by atoms with Crippen molar-refractivity contribution in [3.8, 4) is 0 Å². The van der Waals surface area contributed by atoms with Gasteiger partial charge in [0.2, 0.25) is 5.28 Å². The Morgan fingerprint density at radius 2 is 1.74 bits per heavy atom. The molecule has 3 heterocycles. The summed E-state index contributed by atoms with van der Waals surface area (Å²) in [6, 6.07) is 0. The van der Waals surface area contributed by atoms with E-state index in [4.69, 9.17) is 11.6 Å². The van der Waals surface area contributed by atoms with Gasteiger partial charge in [0.25, 0.3) is 0 Å². The first-order valence-corrected chi connectivity index (χ1v) is 8.04. The molecule has 0 N–H and O–H groups in total. The van der Waals surface area contributed by atoms with Crippen LogP contribution in [0.15, 0.2) is 0 Å². The van der Waals surface area contributed by atoms with Crippen molar-refractivity contribution in [3.63, 3.8) is 0 Å². The molecule has 0 amide bonds. The summed E-state index contributed by atoms with van der Waals surface area (Å²) in [5.74, 6) is 1.04. The van der Waals surface area contributed by atoms with Gasteiger partial charge in [-0.2, -0.15) is 4.98 Å². The summed E-state index contributed by atoms with van der Waals surface area (Å²) in [7, 11) is 0. The number of thiophene rings is 1. The lowest BCUT2D eigenvalue weighted by Gasteiger charge is -2.22. The molecule has 102 valence electrons. The van der Waals surface area contributed by atoms with Gasteiger partial charge in [-0.05, 0) is 43.9 Å². The number of hydrogen-bond acceptors (Lipinski definition) is 4. The van der Waals surface area contributed by atoms with Crippen LogP contribution in [0.4, 0.5) is 5.82 Å². The van der Waals surface area contributed by atoms with E-state index in [2.05, 4.69) is 28.7 Å². The Kier molecular flexibility index (Phi) is 3.63. The fourth-order valence-corrected chi connectivity index (χ4v) is 3.95. The first kappa shape index (κ1) is 13.1. The maximum atomic E-state index is 6.10. The van der Waals surface area contributed by atoms with Crippen LogP contribution < -0.4 is 4.90 Å². The fraction of sp³-hybridized carbons (Fsp3) is 0.571. The Morgan fingerprint density at radius 1 is 1.05 bits per heavy atom. The zero-order chi connectivity index (χ0) is 13.4. The molecule has 19 heavy (non-hydrogen) atoms. The van der Waals surface area contributed by atoms with E-state index in [0.29, 0.717) is 5.28 Å². The maximum Gasteiger partial charge on any atom is 0.225 e. The number of aromatic nitrogens is 2. The van der Waals surface area contributed by atoms with E-state index in [1.807, 2.05) is 0 Å². The van der Waals surface area contributed by atoms with Crippen LogP contribution >= 0.6 is 22.9 Å². The van der Waals surface area contributed by atoms with Crippen LogP contribution in [0.3, 0.4) is 0 Å². The van der Waals surface area contributed by atoms with Crippen LogP contribution in [0.1, 0.15) is 36.1 Å². The van der Waals surface area contributed by atoms with Crippen LogP contribution in [0.2, 0.25) is 5.28 Å². The SMILES string of the molecule is Cc1sc2nc(Cl)nc(N3CCCCCC3)c2c1C. The molecule has 1 saturated heterocycles. The summed E-state index contributed by atoms with van der Waals surface area (Å²) in [5, 5.41) is 1.57. The summed E-state index contributed by atoms with van der Waals surface area (Å²) in [6.07, 6.45) is 5.12. The molecule has 0 aromatic carbocycles. The highest BCUT2D eigenvalue weighted by Crippen LogP contribution is 2.36. The minimum atomic E-state index is 0.369. The Morgan fingerprint density at radius 3 is 2.42 bits per heavy atom. The van der Waals surface area contributed by atoms with Gasteiger partial charge in [-0.1, -0.05) is 12.8 Å². The third-order valence-corrected chi connectivity index (χ3v) is 5.16. The van der Waals surface area contributed by atoms with E-state index in [-0.39, 0.29) is 0 Å². The lowest BCUT2D eigenvalue weighted by Crippen LogP contribution is -2.25. The molecule has 0 spiro atoms. The quantitative estimate of drug-likeness (QED) is 0.733. The van der Waals surface area contributed by atoms with E-state index in [9.17, 15) is 0 Å². The van der Waals surface area contributed by atoms with Crippen LogP contribution in [0.5, 0.6) is 0 Å². The molecule has 0 saturated carbocycles. The molecule has 0 bridgehead atoms. The smallest absolute Gasteiger partial charge is 0.225 e. The Balaban J connectivity index is 2.15. The van der Waals surface area contributed by atoms with Gasteiger partial charge in [0.15, 0.2) is 0 Å². The van der Waals surface area contributed by atoms with Gasteiger partial charge < -0.3 is 4.90 Å². The van der Waals surface area contributed by atoms with E-state index < -0.39 is 0 Å². The van der Waals surface area contributed by atoms with Gasteiger partial charge in [0.05, 0.1) is 5.39 Å². The molecule has 1 aliphatic rings. The van der Waals surface area contributed by atoms with Crippen molar-refractivity contribution in [2.75, 3.05) is 18.0 Å². The van der Waals surface area contributed by atoms with Gasteiger partial charge in [-0.3, -0.25) is 0 Å². The number of fused-ring (bicyclic) bond motifs is 1. The standard InChI is InChI=1S/C14H18ClN3S/c1-9-10(2)19-13-11(9)12(16-14(15)17-13)18-7-5-3-4-6-8-18/h3-8H2,1-2H3. The fourth-order valence-electron chi connectivity index (χ4n) is 2.71. The summed E-state index contributed by atoms with van der Waals surface area (Å²) in [5.41, 5.74) is 1.30. The second-order valence-electron chi connectivity index (χ2n) is 5.18. The topological polar surface area (TPSA) is 29.0 Å². The van der Waals surface area contributed by atoms with Crippen molar-refractivity contribution in [3.05, 3.63) is 15.7 Å². The molecule has 2 aromatic rings. The van der Waals surface area contributed by atoms with Crippen molar-refractivity contribution in [2.45, 2.75) is 39.5 Å². The van der Waals surface area contributed by atoms with E-state index in [1.54, 1.807) is 11.3 Å². The monoisotopic (exact) mass is 295 g/mol. The van der Waals surface area contributed by atoms with Crippen LogP contribution in [-0.4, -0.2) is 23.1 Å². The molecule has 0 radical (unpaired) electrons. The lowest BCUT2D eigenvalue weighted by molar-refractivity contribution is 0.726. The van der Waals surface area contributed by atoms with Crippen molar-refractivity contribution in [1.29, 1.82) is 0 Å². The molecule has 1 fully saturated rings. The summed E-state index contributed by atoms with van der Waals surface area (Å²) in [6.45, 7) is 6.46. The van der Waals surface area contributed by atoms with Crippen LogP contribution in [-0.2, 0) is 0 Å². The third kappa shape index (κ3) is 2.43. The number of hydrogen-bond donors (Lipinski definition) is 0.